The van der Waals surface area contributed by atoms with Crippen molar-refractivity contribution in [1.29, 1.82) is 0 Å². The largest absolute Gasteiger partial charge is 0.338 e. The van der Waals surface area contributed by atoms with Crippen molar-refractivity contribution in [1.82, 2.24) is 14.9 Å². The third-order valence-corrected chi connectivity index (χ3v) is 3.97. The Labute approximate surface area is 108 Å². The molecule has 3 rings (SSSR count). The third-order valence-electron chi connectivity index (χ3n) is 3.97. The van der Waals surface area contributed by atoms with Crippen LogP contribution in [-0.4, -0.2) is 47.1 Å². The van der Waals surface area contributed by atoms with E-state index in [1.807, 2.05) is 13.0 Å². The molecule has 5 heteroatoms. The molecule has 1 aromatic heterocycles. The second kappa shape index (κ2) is 4.82. The normalized spacial score (nSPS) is 24.3. The summed E-state index contributed by atoms with van der Waals surface area (Å²) < 4.78 is 0. The van der Waals surface area contributed by atoms with Crippen LogP contribution in [0.25, 0.3) is 0 Å². The van der Waals surface area contributed by atoms with E-state index in [9.17, 15) is 0 Å². The zero-order valence-corrected chi connectivity index (χ0v) is 11.0. The van der Waals surface area contributed by atoms with Crippen molar-refractivity contribution in [3.8, 4) is 0 Å². The SMILES string of the molecule is Cc1cc(CN)nc(N2CCN3CCCC3C2)n1. The van der Waals surface area contributed by atoms with E-state index in [0.717, 1.165) is 37.0 Å². The van der Waals surface area contributed by atoms with E-state index in [4.69, 9.17) is 5.73 Å². The molecule has 2 aliphatic heterocycles. The molecule has 1 atom stereocenters. The van der Waals surface area contributed by atoms with Crippen molar-refractivity contribution < 1.29 is 0 Å². The third kappa shape index (κ3) is 2.20. The van der Waals surface area contributed by atoms with Crippen LogP contribution in [0.4, 0.5) is 5.95 Å². The van der Waals surface area contributed by atoms with E-state index in [0.29, 0.717) is 12.6 Å². The van der Waals surface area contributed by atoms with Crippen LogP contribution in [0.5, 0.6) is 0 Å². The number of aryl methyl sites for hydroxylation is 1. The van der Waals surface area contributed by atoms with Crippen LogP contribution in [0, 0.1) is 6.92 Å². The van der Waals surface area contributed by atoms with Gasteiger partial charge in [0.05, 0.1) is 5.69 Å². The summed E-state index contributed by atoms with van der Waals surface area (Å²) in [5.74, 6) is 0.863. The average molecular weight is 247 g/mol. The lowest BCUT2D eigenvalue weighted by Crippen LogP contribution is -2.50. The Bertz CT molecular complexity index is 433. The lowest BCUT2D eigenvalue weighted by atomic mass is 10.1. The Morgan fingerprint density at radius 3 is 3.06 bits per heavy atom. The zero-order valence-electron chi connectivity index (χ0n) is 11.0. The molecule has 2 saturated heterocycles. The first-order chi connectivity index (χ1) is 8.76. The maximum atomic E-state index is 5.69. The maximum Gasteiger partial charge on any atom is 0.225 e. The molecular formula is C13H21N5. The molecule has 0 radical (unpaired) electrons. The van der Waals surface area contributed by atoms with Crippen LogP contribution in [-0.2, 0) is 6.54 Å². The Morgan fingerprint density at radius 1 is 1.33 bits per heavy atom. The molecule has 18 heavy (non-hydrogen) atoms. The lowest BCUT2D eigenvalue weighted by Gasteiger charge is -2.37. The zero-order chi connectivity index (χ0) is 12.5. The van der Waals surface area contributed by atoms with Crippen molar-refractivity contribution >= 4 is 5.95 Å². The van der Waals surface area contributed by atoms with Crippen LogP contribution >= 0.6 is 0 Å². The number of fused-ring (bicyclic) bond motifs is 1. The predicted molar refractivity (Wildman–Crippen MR) is 71.5 cm³/mol. The topological polar surface area (TPSA) is 58.3 Å². The van der Waals surface area contributed by atoms with Gasteiger partial charge in [-0.2, -0.15) is 0 Å². The standard InChI is InChI=1S/C13H21N5/c1-10-7-11(8-14)16-13(15-10)18-6-5-17-4-2-3-12(17)9-18/h7,12H,2-6,8-9,14H2,1H3. The summed E-state index contributed by atoms with van der Waals surface area (Å²) >= 11 is 0. The fourth-order valence-electron chi connectivity index (χ4n) is 3.04. The molecule has 0 spiro atoms. The number of rotatable bonds is 2. The van der Waals surface area contributed by atoms with Gasteiger partial charge in [0.15, 0.2) is 0 Å². The van der Waals surface area contributed by atoms with Crippen LogP contribution in [0.15, 0.2) is 6.07 Å². The van der Waals surface area contributed by atoms with Crippen LogP contribution in [0.1, 0.15) is 24.2 Å². The first-order valence-corrected chi connectivity index (χ1v) is 6.80. The number of hydrogen-bond acceptors (Lipinski definition) is 5. The highest BCUT2D eigenvalue weighted by atomic mass is 15.3. The van der Waals surface area contributed by atoms with Gasteiger partial charge < -0.3 is 10.6 Å². The molecule has 1 unspecified atom stereocenters. The quantitative estimate of drug-likeness (QED) is 0.826. The van der Waals surface area contributed by atoms with E-state index in [1.165, 1.54) is 19.4 Å². The smallest absolute Gasteiger partial charge is 0.225 e. The van der Waals surface area contributed by atoms with E-state index in [-0.39, 0.29) is 0 Å². The molecule has 0 aliphatic carbocycles. The highest BCUT2D eigenvalue weighted by Gasteiger charge is 2.31. The van der Waals surface area contributed by atoms with Gasteiger partial charge in [0.2, 0.25) is 5.95 Å². The van der Waals surface area contributed by atoms with Crippen molar-refractivity contribution in [2.75, 3.05) is 31.1 Å². The fourth-order valence-corrected chi connectivity index (χ4v) is 3.04. The Morgan fingerprint density at radius 2 is 2.22 bits per heavy atom. The van der Waals surface area contributed by atoms with Crippen LogP contribution in [0.2, 0.25) is 0 Å². The van der Waals surface area contributed by atoms with Gasteiger partial charge in [-0.15, -0.1) is 0 Å². The van der Waals surface area contributed by atoms with Gasteiger partial charge in [0.25, 0.3) is 0 Å². The monoisotopic (exact) mass is 247 g/mol. The van der Waals surface area contributed by atoms with Gasteiger partial charge in [0, 0.05) is 37.9 Å². The molecule has 0 saturated carbocycles. The summed E-state index contributed by atoms with van der Waals surface area (Å²) in [5.41, 5.74) is 7.63. The van der Waals surface area contributed by atoms with E-state index in [2.05, 4.69) is 19.8 Å². The highest BCUT2D eigenvalue weighted by Crippen LogP contribution is 2.23. The second-order valence-corrected chi connectivity index (χ2v) is 5.28. The molecule has 2 fully saturated rings. The first-order valence-electron chi connectivity index (χ1n) is 6.80. The molecule has 0 amide bonds. The molecular weight excluding hydrogens is 226 g/mol. The summed E-state index contributed by atoms with van der Waals surface area (Å²) in [6.07, 6.45) is 2.65. The van der Waals surface area contributed by atoms with Crippen molar-refractivity contribution in [3.05, 3.63) is 17.5 Å². The summed E-state index contributed by atoms with van der Waals surface area (Å²) in [7, 11) is 0. The first kappa shape index (κ1) is 11.9. The lowest BCUT2D eigenvalue weighted by molar-refractivity contribution is 0.229. The van der Waals surface area contributed by atoms with Crippen LogP contribution in [0.3, 0.4) is 0 Å². The minimum Gasteiger partial charge on any atom is -0.338 e. The van der Waals surface area contributed by atoms with Gasteiger partial charge in [-0.25, -0.2) is 9.97 Å². The molecule has 98 valence electrons. The number of piperazine rings is 1. The molecule has 2 N–H and O–H groups in total. The Hall–Kier alpha value is -1.20. The fraction of sp³-hybridized carbons (Fsp3) is 0.692. The number of hydrogen-bond donors (Lipinski definition) is 1. The minimum absolute atomic E-state index is 0.486. The Kier molecular flexibility index (Phi) is 3.18. The van der Waals surface area contributed by atoms with Crippen molar-refractivity contribution in [3.63, 3.8) is 0 Å². The molecule has 3 heterocycles. The molecule has 1 aromatic rings. The van der Waals surface area contributed by atoms with E-state index >= 15 is 0 Å². The number of anilines is 1. The minimum atomic E-state index is 0.486. The van der Waals surface area contributed by atoms with Gasteiger partial charge in [-0.3, -0.25) is 4.90 Å². The van der Waals surface area contributed by atoms with Crippen molar-refractivity contribution in [2.45, 2.75) is 32.4 Å². The summed E-state index contributed by atoms with van der Waals surface area (Å²) in [6.45, 7) is 6.99. The second-order valence-electron chi connectivity index (χ2n) is 5.28. The summed E-state index contributed by atoms with van der Waals surface area (Å²) in [4.78, 5) is 14.0. The molecule has 0 aromatic carbocycles. The summed E-state index contributed by atoms with van der Waals surface area (Å²) in [6, 6.07) is 2.67. The van der Waals surface area contributed by atoms with E-state index in [1.54, 1.807) is 0 Å². The van der Waals surface area contributed by atoms with Crippen LogP contribution < -0.4 is 10.6 Å². The van der Waals surface area contributed by atoms with Gasteiger partial charge in [-0.1, -0.05) is 0 Å². The van der Waals surface area contributed by atoms with Gasteiger partial charge in [-0.05, 0) is 32.4 Å². The summed E-state index contributed by atoms with van der Waals surface area (Å²) in [5, 5.41) is 0. The van der Waals surface area contributed by atoms with Gasteiger partial charge in [0.1, 0.15) is 0 Å². The van der Waals surface area contributed by atoms with Crippen molar-refractivity contribution in [2.24, 2.45) is 5.73 Å². The molecule has 0 bridgehead atoms. The predicted octanol–water partition coefficient (Wildman–Crippen LogP) is 0.528. The number of nitrogens with zero attached hydrogens (tertiary/aromatic N) is 4. The van der Waals surface area contributed by atoms with Gasteiger partial charge >= 0.3 is 0 Å². The Balaban J connectivity index is 1.80. The molecule has 2 aliphatic rings. The maximum absolute atomic E-state index is 5.69. The van der Waals surface area contributed by atoms with E-state index < -0.39 is 0 Å². The molecule has 5 nitrogen and oxygen atoms in total. The number of nitrogens with two attached hydrogens (primary N) is 1. The average Bonchev–Trinajstić information content (AvgIpc) is 2.85. The number of aromatic nitrogens is 2. The highest BCUT2D eigenvalue weighted by molar-refractivity contribution is 5.34.